The van der Waals surface area contributed by atoms with Crippen LogP contribution in [0.15, 0.2) is 70.8 Å². The fourth-order valence-corrected chi connectivity index (χ4v) is 3.70. The van der Waals surface area contributed by atoms with Gasteiger partial charge in [0.2, 0.25) is 5.88 Å². The van der Waals surface area contributed by atoms with Gasteiger partial charge in [-0.05, 0) is 38.1 Å². The zero-order valence-corrected chi connectivity index (χ0v) is 16.4. The highest BCUT2D eigenvalue weighted by Crippen LogP contribution is 2.44. The van der Waals surface area contributed by atoms with Gasteiger partial charge in [-0.2, -0.15) is 0 Å². The van der Waals surface area contributed by atoms with Crippen molar-refractivity contribution >= 4 is 11.4 Å². The van der Waals surface area contributed by atoms with Crippen LogP contribution < -0.4 is 9.47 Å². The number of para-hydroxylation sites is 1. The Labute approximate surface area is 171 Å². The van der Waals surface area contributed by atoms with E-state index in [4.69, 9.17) is 13.9 Å². The molecule has 0 unspecified atom stereocenters. The van der Waals surface area contributed by atoms with Gasteiger partial charge in [0.25, 0.3) is 0 Å². The summed E-state index contributed by atoms with van der Waals surface area (Å²) in [6, 6.07) is 13.1. The number of nitrogens with zero attached hydrogens (tertiary/aromatic N) is 4. The number of aromatic nitrogens is 4. The average molecular weight is 402 g/mol. The van der Waals surface area contributed by atoms with Gasteiger partial charge in [-0.1, -0.05) is 18.2 Å². The summed E-state index contributed by atoms with van der Waals surface area (Å²) in [5.74, 6) is 2.13. The van der Waals surface area contributed by atoms with Crippen molar-refractivity contribution in [3.05, 3.63) is 83.5 Å². The fraction of sp³-hybridized carbons (Fsp3) is 0.182. The second kappa shape index (κ2) is 7.14. The summed E-state index contributed by atoms with van der Waals surface area (Å²) in [5, 5.41) is 4.47. The molecule has 1 aromatic carbocycles. The maximum absolute atomic E-state index is 12.5. The Morgan fingerprint density at radius 1 is 1.20 bits per heavy atom. The lowest BCUT2D eigenvalue weighted by molar-refractivity contribution is -0.114. The Hall–Kier alpha value is -3.94. The average Bonchev–Trinajstić information content (AvgIpc) is 3.41. The van der Waals surface area contributed by atoms with Crippen LogP contribution in [0.25, 0.3) is 5.65 Å². The van der Waals surface area contributed by atoms with Gasteiger partial charge in [0.1, 0.15) is 30.2 Å². The van der Waals surface area contributed by atoms with Crippen molar-refractivity contribution in [3.63, 3.8) is 0 Å². The molecular formula is C22H18N4O4. The molecule has 1 aliphatic rings. The first-order valence-corrected chi connectivity index (χ1v) is 9.47. The van der Waals surface area contributed by atoms with Gasteiger partial charge in [0.15, 0.2) is 17.3 Å². The molecule has 0 fully saturated rings. The van der Waals surface area contributed by atoms with Crippen LogP contribution in [0.5, 0.6) is 11.6 Å². The lowest BCUT2D eigenvalue weighted by atomic mass is 9.85. The summed E-state index contributed by atoms with van der Waals surface area (Å²) in [6.07, 6.45) is 3.12. The van der Waals surface area contributed by atoms with Crippen LogP contribution in [0.4, 0.5) is 0 Å². The minimum absolute atomic E-state index is 0.103. The van der Waals surface area contributed by atoms with E-state index in [1.165, 1.54) is 6.92 Å². The molecule has 0 amide bonds. The molecule has 4 heterocycles. The molecule has 3 aromatic heterocycles. The summed E-state index contributed by atoms with van der Waals surface area (Å²) in [4.78, 5) is 21.5. The summed E-state index contributed by atoms with van der Waals surface area (Å²) in [5.41, 5.74) is 1.69. The lowest BCUT2D eigenvalue weighted by Gasteiger charge is -2.26. The topological polar surface area (TPSA) is 91.8 Å². The minimum atomic E-state index is -0.482. The van der Waals surface area contributed by atoms with Crippen molar-refractivity contribution in [2.75, 3.05) is 0 Å². The van der Waals surface area contributed by atoms with Gasteiger partial charge in [-0.15, -0.1) is 5.10 Å². The number of hydrogen-bond acceptors (Lipinski definition) is 7. The third kappa shape index (κ3) is 3.02. The first kappa shape index (κ1) is 18.1. The maximum atomic E-state index is 12.5. The molecule has 8 heteroatoms. The SMILES string of the molecule is CC(=O)C1=C(C)Oc2ncn3nc(COc4ccccc4)nc3c2[C@@H]1c1ccco1. The van der Waals surface area contributed by atoms with E-state index in [9.17, 15) is 4.79 Å². The van der Waals surface area contributed by atoms with Crippen LogP contribution in [0.2, 0.25) is 0 Å². The Balaban J connectivity index is 1.60. The number of benzene rings is 1. The van der Waals surface area contributed by atoms with Crippen molar-refractivity contribution in [1.82, 2.24) is 19.6 Å². The molecule has 4 aromatic rings. The number of carbonyl (C=O) groups is 1. The van der Waals surface area contributed by atoms with Gasteiger partial charge in [-0.25, -0.2) is 14.5 Å². The highest BCUT2D eigenvalue weighted by atomic mass is 16.5. The number of furan rings is 1. The molecule has 0 radical (unpaired) electrons. The first-order chi connectivity index (χ1) is 14.6. The molecule has 1 atom stereocenters. The number of allylic oxidation sites excluding steroid dienone is 2. The molecule has 0 saturated heterocycles. The largest absolute Gasteiger partial charge is 0.486 e. The van der Waals surface area contributed by atoms with Gasteiger partial charge in [0.05, 0.1) is 17.7 Å². The summed E-state index contributed by atoms with van der Waals surface area (Å²) in [6.45, 7) is 3.46. The molecule has 0 aliphatic carbocycles. The van der Waals surface area contributed by atoms with Crippen LogP contribution in [-0.4, -0.2) is 25.4 Å². The van der Waals surface area contributed by atoms with Crippen molar-refractivity contribution < 1.29 is 18.7 Å². The van der Waals surface area contributed by atoms with Crippen molar-refractivity contribution in [2.24, 2.45) is 0 Å². The fourth-order valence-electron chi connectivity index (χ4n) is 3.70. The van der Waals surface area contributed by atoms with E-state index >= 15 is 0 Å². The quantitative estimate of drug-likeness (QED) is 0.503. The van der Waals surface area contributed by atoms with Crippen LogP contribution in [0.3, 0.4) is 0 Å². The highest BCUT2D eigenvalue weighted by Gasteiger charge is 2.37. The standard InChI is InChI=1S/C22H18N4O4/c1-13(27)18-14(2)30-22-20(19(18)16-9-6-10-28-16)21-24-17(25-26(21)12-23-22)11-29-15-7-4-3-5-8-15/h3-10,12,19H,11H2,1-2H3/t19-/m1/s1. The number of ketones is 1. The van der Waals surface area contributed by atoms with Crippen molar-refractivity contribution in [2.45, 2.75) is 26.4 Å². The molecule has 8 nitrogen and oxygen atoms in total. The summed E-state index contributed by atoms with van der Waals surface area (Å²) >= 11 is 0. The molecule has 0 N–H and O–H groups in total. The smallest absolute Gasteiger partial charge is 0.228 e. The Morgan fingerprint density at radius 2 is 2.03 bits per heavy atom. The van der Waals surface area contributed by atoms with Crippen LogP contribution >= 0.6 is 0 Å². The molecule has 0 spiro atoms. The predicted molar refractivity (Wildman–Crippen MR) is 106 cm³/mol. The zero-order valence-electron chi connectivity index (χ0n) is 16.4. The second-order valence-electron chi connectivity index (χ2n) is 6.94. The van der Waals surface area contributed by atoms with E-state index in [1.54, 1.807) is 30.1 Å². The molecule has 0 saturated carbocycles. The van der Waals surface area contributed by atoms with Crippen molar-refractivity contribution in [1.29, 1.82) is 0 Å². The number of hydrogen-bond donors (Lipinski definition) is 0. The Morgan fingerprint density at radius 3 is 2.77 bits per heavy atom. The third-order valence-corrected chi connectivity index (χ3v) is 4.96. The van der Waals surface area contributed by atoms with E-state index in [0.717, 1.165) is 5.75 Å². The van der Waals surface area contributed by atoms with E-state index in [2.05, 4.69) is 15.1 Å². The maximum Gasteiger partial charge on any atom is 0.228 e. The summed E-state index contributed by atoms with van der Waals surface area (Å²) in [7, 11) is 0. The van der Waals surface area contributed by atoms with Crippen LogP contribution in [0, 0.1) is 0 Å². The Kier molecular flexibility index (Phi) is 4.31. The lowest BCUT2D eigenvalue weighted by Crippen LogP contribution is -2.21. The predicted octanol–water partition coefficient (Wildman–Crippen LogP) is 3.68. The minimum Gasteiger partial charge on any atom is -0.486 e. The summed E-state index contributed by atoms with van der Waals surface area (Å²) < 4.78 is 18.9. The normalized spacial score (nSPS) is 15.7. The van der Waals surface area contributed by atoms with Gasteiger partial charge in [-0.3, -0.25) is 4.79 Å². The van der Waals surface area contributed by atoms with Crippen LogP contribution in [-0.2, 0) is 11.4 Å². The number of ether oxygens (including phenoxy) is 2. The molecule has 5 rings (SSSR count). The van der Waals surface area contributed by atoms with Crippen LogP contribution in [0.1, 0.15) is 36.9 Å². The van der Waals surface area contributed by atoms with Gasteiger partial charge < -0.3 is 13.9 Å². The van der Waals surface area contributed by atoms with E-state index in [-0.39, 0.29) is 12.4 Å². The number of fused-ring (bicyclic) bond motifs is 3. The molecule has 30 heavy (non-hydrogen) atoms. The molecule has 150 valence electrons. The number of rotatable bonds is 5. The van der Waals surface area contributed by atoms with E-state index < -0.39 is 5.92 Å². The van der Waals surface area contributed by atoms with E-state index in [0.29, 0.717) is 40.0 Å². The van der Waals surface area contributed by atoms with E-state index in [1.807, 2.05) is 36.4 Å². The third-order valence-electron chi connectivity index (χ3n) is 4.96. The molecular weight excluding hydrogens is 384 g/mol. The second-order valence-corrected chi connectivity index (χ2v) is 6.94. The highest BCUT2D eigenvalue weighted by molar-refractivity contribution is 5.97. The van der Waals surface area contributed by atoms with Gasteiger partial charge in [0, 0.05) is 5.57 Å². The zero-order chi connectivity index (χ0) is 20.7. The number of Topliss-reactive ketones (excluding diaryl/α,β-unsaturated/α-hetero) is 1. The number of carbonyl (C=O) groups excluding carboxylic acids is 1. The van der Waals surface area contributed by atoms with Crippen molar-refractivity contribution in [3.8, 4) is 11.6 Å². The monoisotopic (exact) mass is 402 g/mol. The first-order valence-electron chi connectivity index (χ1n) is 9.47. The molecule has 1 aliphatic heterocycles. The molecule has 0 bridgehead atoms. The Bertz CT molecular complexity index is 1260. The van der Waals surface area contributed by atoms with Gasteiger partial charge >= 0.3 is 0 Å².